The van der Waals surface area contributed by atoms with E-state index >= 15 is 0 Å². The van der Waals surface area contributed by atoms with Crippen LogP contribution in [-0.4, -0.2) is 20.4 Å². The van der Waals surface area contributed by atoms with E-state index in [4.69, 9.17) is 0 Å². The Hall–Kier alpha value is -4.72. The number of nitrogens with one attached hydrogen (secondary N) is 3. The largest absolute Gasteiger partial charge is 0.361 e. The Bertz CT molecular complexity index is 1710. The highest BCUT2D eigenvalue weighted by Gasteiger charge is 2.12. The molecule has 0 aliphatic carbocycles. The number of pyridine rings is 2. The van der Waals surface area contributed by atoms with Gasteiger partial charge in [-0.3, -0.25) is 14.4 Å². The molecule has 3 N–H and O–H groups in total. The molecule has 5 rings (SSSR count). The van der Waals surface area contributed by atoms with Crippen molar-refractivity contribution in [1.29, 1.82) is 0 Å². The lowest BCUT2D eigenvalue weighted by atomic mass is 10.0. The number of fused-ring (bicyclic) bond motifs is 1. The Kier molecular flexibility index (Phi) is 6.55. The van der Waals surface area contributed by atoms with Crippen LogP contribution in [0.3, 0.4) is 0 Å². The van der Waals surface area contributed by atoms with Crippen molar-refractivity contribution < 1.29 is 9.18 Å². The third-order valence-electron chi connectivity index (χ3n) is 6.33. The van der Waals surface area contributed by atoms with Crippen molar-refractivity contribution >= 4 is 16.8 Å². The van der Waals surface area contributed by atoms with Crippen molar-refractivity contribution in [3.8, 4) is 0 Å². The van der Waals surface area contributed by atoms with E-state index in [1.165, 1.54) is 18.2 Å². The molecule has 5 aromatic rings. The quantitative estimate of drug-likeness (QED) is 0.317. The summed E-state index contributed by atoms with van der Waals surface area (Å²) in [5.74, 6) is -0.912. The van der Waals surface area contributed by atoms with Crippen LogP contribution in [0.15, 0.2) is 88.7 Å². The standard InChI is InChI=1S/C29H25FN4O3/c1-18-15-31-25-14-24(30)22(13-23(18)25)16-32-29(37)26-11-21(12-27(35)33-26)10-19-5-7-20(8-6-19)17-34-9-3-2-4-28(34)36/h2-9,11-15,31H,10,16-17H2,1H3,(H,32,37)(H,33,35). The Labute approximate surface area is 211 Å². The average molecular weight is 497 g/mol. The van der Waals surface area contributed by atoms with Crippen LogP contribution < -0.4 is 16.4 Å². The number of aromatic nitrogens is 3. The molecule has 186 valence electrons. The summed E-state index contributed by atoms with van der Waals surface area (Å²) in [7, 11) is 0. The predicted octanol–water partition coefficient (Wildman–Crippen LogP) is 4.03. The summed E-state index contributed by atoms with van der Waals surface area (Å²) in [5, 5.41) is 3.59. The van der Waals surface area contributed by atoms with Crippen molar-refractivity contribution in [3.05, 3.63) is 139 Å². The van der Waals surface area contributed by atoms with Crippen LogP contribution in [0.5, 0.6) is 0 Å². The zero-order valence-corrected chi connectivity index (χ0v) is 20.2. The van der Waals surface area contributed by atoms with Crippen molar-refractivity contribution in [2.45, 2.75) is 26.4 Å². The van der Waals surface area contributed by atoms with Crippen LogP contribution in [0.25, 0.3) is 10.9 Å². The Morgan fingerprint density at radius 3 is 2.54 bits per heavy atom. The van der Waals surface area contributed by atoms with E-state index in [0.717, 1.165) is 22.1 Å². The van der Waals surface area contributed by atoms with Gasteiger partial charge < -0.3 is 19.9 Å². The minimum absolute atomic E-state index is 0.0105. The highest BCUT2D eigenvalue weighted by molar-refractivity contribution is 5.92. The van der Waals surface area contributed by atoms with E-state index in [1.54, 1.807) is 35.2 Å². The van der Waals surface area contributed by atoms with E-state index in [-0.39, 0.29) is 17.8 Å². The van der Waals surface area contributed by atoms with Gasteiger partial charge in [0, 0.05) is 47.5 Å². The summed E-state index contributed by atoms with van der Waals surface area (Å²) in [6.45, 7) is 2.38. The first-order valence-corrected chi connectivity index (χ1v) is 11.9. The fraction of sp³-hybridized carbons (Fsp3) is 0.138. The molecule has 0 bridgehead atoms. The summed E-state index contributed by atoms with van der Waals surface area (Å²) >= 11 is 0. The maximum atomic E-state index is 14.5. The Balaban J connectivity index is 1.27. The molecule has 0 fully saturated rings. The van der Waals surface area contributed by atoms with Gasteiger partial charge in [-0.15, -0.1) is 0 Å². The van der Waals surface area contributed by atoms with E-state index < -0.39 is 17.3 Å². The van der Waals surface area contributed by atoms with Crippen LogP contribution in [0, 0.1) is 12.7 Å². The molecule has 3 heterocycles. The maximum Gasteiger partial charge on any atom is 0.268 e. The fourth-order valence-corrected chi connectivity index (χ4v) is 4.34. The number of halogens is 1. The third kappa shape index (κ3) is 5.43. The smallest absolute Gasteiger partial charge is 0.268 e. The molecule has 2 aromatic carbocycles. The first-order chi connectivity index (χ1) is 17.9. The first-order valence-electron chi connectivity index (χ1n) is 11.9. The number of carbonyl (C=O) groups is 1. The molecule has 0 radical (unpaired) electrons. The summed E-state index contributed by atoms with van der Waals surface area (Å²) in [6.07, 6.45) is 4.00. The molecule has 0 spiro atoms. The number of hydrogen-bond donors (Lipinski definition) is 3. The molecule has 3 aromatic heterocycles. The number of carbonyl (C=O) groups excluding carboxylic acids is 1. The summed E-state index contributed by atoms with van der Waals surface area (Å²) in [5.41, 5.74) is 4.31. The molecule has 8 heteroatoms. The molecular weight excluding hydrogens is 471 g/mol. The molecule has 37 heavy (non-hydrogen) atoms. The lowest BCUT2D eigenvalue weighted by Gasteiger charge is -2.09. The second-order valence-corrected chi connectivity index (χ2v) is 9.07. The third-order valence-corrected chi connectivity index (χ3v) is 6.33. The first kappa shape index (κ1) is 24.0. The van der Waals surface area contributed by atoms with E-state index in [0.29, 0.717) is 29.6 Å². The highest BCUT2D eigenvalue weighted by Crippen LogP contribution is 2.21. The number of nitrogens with zero attached hydrogens (tertiary/aromatic N) is 1. The van der Waals surface area contributed by atoms with Gasteiger partial charge in [-0.05, 0) is 59.9 Å². The molecule has 0 aliphatic rings. The second kappa shape index (κ2) is 10.1. The number of benzene rings is 2. The molecule has 0 atom stereocenters. The van der Waals surface area contributed by atoms with Gasteiger partial charge in [0.25, 0.3) is 11.5 Å². The summed E-state index contributed by atoms with van der Waals surface area (Å²) in [4.78, 5) is 42.5. The molecule has 0 aliphatic heterocycles. The SMILES string of the molecule is Cc1c[nH]c2cc(F)c(CNC(=O)c3cc(Cc4ccc(Cn5ccccc5=O)cc4)cc(=O)[nH]3)cc12. The molecule has 1 amide bonds. The van der Waals surface area contributed by atoms with Gasteiger partial charge >= 0.3 is 0 Å². The van der Waals surface area contributed by atoms with Crippen LogP contribution in [0.4, 0.5) is 4.39 Å². The van der Waals surface area contributed by atoms with Gasteiger partial charge in [-0.1, -0.05) is 30.3 Å². The van der Waals surface area contributed by atoms with Gasteiger partial charge in [-0.2, -0.15) is 0 Å². The van der Waals surface area contributed by atoms with Crippen LogP contribution in [0.1, 0.15) is 38.3 Å². The monoisotopic (exact) mass is 496 g/mol. The Morgan fingerprint density at radius 1 is 0.973 bits per heavy atom. The van der Waals surface area contributed by atoms with Crippen LogP contribution >= 0.6 is 0 Å². The summed E-state index contributed by atoms with van der Waals surface area (Å²) in [6, 6.07) is 19.0. The topological polar surface area (TPSA) is 99.8 Å². The molecule has 0 unspecified atom stereocenters. The lowest BCUT2D eigenvalue weighted by Crippen LogP contribution is -2.26. The Morgan fingerprint density at radius 2 is 1.76 bits per heavy atom. The van der Waals surface area contributed by atoms with Crippen molar-refractivity contribution in [3.63, 3.8) is 0 Å². The normalized spacial score (nSPS) is 11.1. The van der Waals surface area contributed by atoms with Gasteiger partial charge in [0.1, 0.15) is 11.5 Å². The van der Waals surface area contributed by atoms with Crippen LogP contribution in [0.2, 0.25) is 0 Å². The number of amides is 1. The molecular formula is C29H25FN4O3. The van der Waals surface area contributed by atoms with Crippen molar-refractivity contribution in [1.82, 2.24) is 19.9 Å². The van der Waals surface area contributed by atoms with Gasteiger partial charge in [-0.25, -0.2) is 4.39 Å². The lowest BCUT2D eigenvalue weighted by molar-refractivity contribution is 0.0945. The zero-order valence-electron chi connectivity index (χ0n) is 20.2. The van der Waals surface area contributed by atoms with Gasteiger partial charge in [0.2, 0.25) is 5.56 Å². The molecule has 7 nitrogen and oxygen atoms in total. The van der Waals surface area contributed by atoms with Crippen molar-refractivity contribution in [2.24, 2.45) is 0 Å². The van der Waals surface area contributed by atoms with E-state index in [9.17, 15) is 18.8 Å². The molecule has 0 saturated heterocycles. The highest BCUT2D eigenvalue weighted by atomic mass is 19.1. The average Bonchev–Trinajstić information content (AvgIpc) is 3.23. The number of H-pyrrole nitrogens is 2. The molecule has 0 saturated carbocycles. The second-order valence-electron chi connectivity index (χ2n) is 9.07. The number of rotatable bonds is 7. The number of aromatic amines is 2. The van der Waals surface area contributed by atoms with Crippen molar-refractivity contribution in [2.75, 3.05) is 0 Å². The minimum atomic E-state index is -0.493. The van der Waals surface area contributed by atoms with Crippen LogP contribution in [-0.2, 0) is 19.5 Å². The number of hydrogen-bond acceptors (Lipinski definition) is 3. The minimum Gasteiger partial charge on any atom is -0.361 e. The van der Waals surface area contributed by atoms with E-state index in [1.807, 2.05) is 37.3 Å². The fourth-order valence-electron chi connectivity index (χ4n) is 4.34. The van der Waals surface area contributed by atoms with Gasteiger partial charge in [0.15, 0.2) is 0 Å². The number of aryl methyl sites for hydroxylation is 1. The van der Waals surface area contributed by atoms with E-state index in [2.05, 4.69) is 15.3 Å². The summed E-state index contributed by atoms with van der Waals surface area (Å²) < 4.78 is 16.1. The predicted molar refractivity (Wildman–Crippen MR) is 140 cm³/mol. The maximum absolute atomic E-state index is 14.5. The zero-order chi connectivity index (χ0) is 25.9. The van der Waals surface area contributed by atoms with Gasteiger partial charge in [0.05, 0.1) is 6.54 Å².